The van der Waals surface area contributed by atoms with Gasteiger partial charge in [-0.15, -0.1) is 0 Å². The maximum absolute atomic E-state index is 5.40. The lowest BCUT2D eigenvalue weighted by Gasteiger charge is -2.23. The van der Waals surface area contributed by atoms with Gasteiger partial charge in [0.25, 0.3) is 0 Å². The zero-order valence-electron chi connectivity index (χ0n) is 11.6. The summed E-state index contributed by atoms with van der Waals surface area (Å²) in [6, 6.07) is 6.87. The monoisotopic (exact) mass is 250 g/mol. The van der Waals surface area contributed by atoms with E-state index in [4.69, 9.17) is 9.47 Å². The maximum atomic E-state index is 5.40. The van der Waals surface area contributed by atoms with Gasteiger partial charge in [0.05, 0.1) is 0 Å². The molecule has 0 bridgehead atoms. The molecule has 0 fully saturated rings. The summed E-state index contributed by atoms with van der Waals surface area (Å²) in [5.74, 6) is 1.69. The molecule has 100 valence electrons. The lowest BCUT2D eigenvalue weighted by Crippen LogP contribution is -2.37. The summed E-state index contributed by atoms with van der Waals surface area (Å²) in [6.07, 6.45) is 0. The molecule has 2 unspecified atom stereocenters. The lowest BCUT2D eigenvalue weighted by molar-refractivity contribution is 0.174. The minimum absolute atomic E-state index is 0.300. The van der Waals surface area contributed by atoms with Gasteiger partial charge in [0.1, 0.15) is 0 Å². The van der Waals surface area contributed by atoms with E-state index >= 15 is 0 Å². The van der Waals surface area contributed by atoms with E-state index in [2.05, 4.69) is 50.3 Å². The molecule has 0 aliphatic carbocycles. The first-order valence-corrected chi connectivity index (χ1v) is 6.36. The minimum atomic E-state index is 0.300. The number of benzene rings is 1. The zero-order chi connectivity index (χ0) is 13.1. The lowest BCUT2D eigenvalue weighted by atomic mass is 10.1. The summed E-state index contributed by atoms with van der Waals surface area (Å²) in [5.41, 5.74) is 1.23. The van der Waals surface area contributed by atoms with Crippen LogP contribution in [0.3, 0.4) is 0 Å². The molecule has 1 aromatic carbocycles. The summed E-state index contributed by atoms with van der Waals surface area (Å²) < 4.78 is 10.7. The highest BCUT2D eigenvalue weighted by molar-refractivity contribution is 5.45. The van der Waals surface area contributed by atoms with E-state index < -0.39 is 0 Å². The molecular weight excluding hydrogens is 228 g/mol. The molecule has 1 heterocycles. The first-order chi connectivity index (χ1) is 8.56. The van der Waals surface area contributed by atoms with E-state index in [-0.39, 0.29) is 0 Å². The number of hydrogen-bond donors (Lipinski definition) is 1. The van der Waals surface area contributed by atoms with E-state index in [1.807, 2.05) is 6.07 Å². The first kappa shape index (κ1) is 13.2. The average Bonchev–Trinajstić information content (AvgIpc) is 2.74. The molecule has 4 heteroatoms. The highest BCUT2D eigenvalue weighted by atomic mass is 16.7. The summed E-state index contributed by atoms with van der Waals surface area (Å²) in [6.45, 7) is 5.72. The number of nitrogens with zero attached hydrogens (tertiary/aromatic N) is 1. The van der Waals surface area contributed by atoms with Crippen molar-refractivity contribution in [1.82, 2.24) is 10.2 Å². The second-order valence-corrected chi connectivity index (χ2v) is 5.16. The molecule has 2 atom stereocenters. The van der Waals surface area contributed by atoms with Crippen LogP contribution in [0.2, 0.25) is 0 Å². The molecule has 0 saturated carbocycles. The molecule has 0 saturated heterocycles. The van der Waals surface area contributed by atoms with Crippen molar-refractivity contribution < 1.29 is 9.47 Å². The maximum Gasteiger partial charge on any atom is 0.231 e. The number of ether oxygens (including phenoxy) is 2. The van der Waals surface area contributed by atoms with Crippen LogP contribution in [0.4, 0.5) is 0 Å². The molecule has 0 amide bonds. The Labute approximate surface area is 109 Å². The van der Waals surface area contributed by atoms with Gasteiger partial charge in [0.2, 0.25) is 6.79 Å². The molecule has 4 nitrogen and oxygen atoms in total. The normalized spacial score (nSPS) is 16.9. The van der Waals surface area contributed by atoms with Crippen LogP contribution >= 0.6 is 0 Å². The van der Waals surface area contributed by atoms with Crippen molar-refractivity contribution >= 4 is 0 Å². The SMILES string of the molecule is CC(CN(C)C)NC(C)c1ccc2c(c1)OCO2. The van der Waals surface area contributed by atoms with E-state index in [0.717, 1.165) is 18.0 Å². The van der Waals surface area contributed by atoms with Crippen LogP contribution in [0.5, 0.6) is 11.5 Å². The van der Waals surface area contributed by atoms with Crippen molar-refractivity contribution in [1.29, 1.82) is 0 Å². The van der Waals surface area contributed by atoms with E-state index in [0.29, 0.717) is 18.9 Å². The molecule has 18 heavy (non-hydrogen) atoms. The molecular formula is C14H22N2O2. The Kier molecular flexibility index (Phi) is 4.09. The quantitative estimate of drug-likeness (QED) is 0.867. The third-order valence-electron chi connectivity index (χ3n) is 3.07. The molecule has 0 aromatic heterocycles. The number of rotatable bonds is 5. The van der Waals surface area contributed by atoms with Crippen molar-refractivity contribution in [2.24, 2.45) is 0 Å². The predicted molar refractivity (Wildman–Crippen MR) is 72.1 cm³/mol. The van der Waals surface area contributed by atoms with Crippen molar-refractivity contribution in [3.8, 4) is 11.5 Å². The smallest absolute Gasteiger partial charge is 0.231 e. The Hall–Kier alpha value is -1.26. The number of likely N-dealkylation sites (N-methyl/N-ethyl adjacent to an activating group) is 1. The minimum Gasteiger partial charge on any atom is -0.454 e. The van der Waals surface area contributed by atoms with E-state index in [1.165, 1.54) is 5.56 Å². The first-order valence-electron chi connectivity index (χ1n) is 6.36. The fourth-order valence-corrected chi connectivity index (χ4v) is 2.31. The van der Waals surface area contributed by atoms with Gasteiger partial charge >= 0.3 is 0 Å². The third kappa shape index (κ3) is 3.15. The predicted octanol–water partition coefficient (Wildman–Crippen LogP) is 2.02. The van der Waals surface area contributed by atoms with Crippen LogP contribution in [-0.2, 0) is 0 Å². The number of hydrogen-bond acceptors (Lipinski definition) is 4. The standard InChI is InChI=1S/C14H22N2O2/c1-10(8-16(3)4)15-11(2)12-5-6-13-14(7-12)18-9-17-13/h5-7,10-11,15H,8-9H2,1-4H3. The van der Waals surface area contributed by atoms with Crippen LogP contribution in [0.25, 0.3) is 0 Å². The van der Waals surface area contributed by atoms with E-state index in [9.17, 15) is 0 Å². The summed E-state index contributed by atoms with van der Waals surface area (Å²) >= 11 is 0. The Morgan fingerprint density at radius 3 is 2.67 bits per heavy atom. The fraction of sp³-hybridized carbons (Fsp3) is 0.571. The summed E-state index contributed by atoms with van der Waals surface area (Å²) in [4.78, 5) is 2.18. The van der Waals surface area contributed by atoms with Crippen molar-refractivity contribution in [3.05, 3.63) is 23.8 Å². The highest BCUT2D eigenvalue weighted by Crippen LogP contribution is 2.34. The van der Waals surface area contributed by atoms with Crippen LogP contribution in [0, 0.1) is 0 Å². The second-order valence-electron chi connectivity index (χ2n) is 5.16. The highest BCUT2D eigenvalue weighted by Gasteiger charge is 2.16. The Morgan fingerprint density at radius 1 is 1.22 bits per heavy atom. The second kappa shape index (κ2) is 5.59. The topological polar surface area (TPSA) is 33.7 Å². The number of nitrogens with one attached hydrogen (secondary N) is 1. The Bertz CT molecular complexity index is 407. The van der Waals surface area contributed by atoms with Gasteiger partial charge in [-0.25, -0.2) is 0 Å². The van der Waals surface area contributed by atoms with Crippen molar-refractivity contribution in [2.45, 2.75) is 25.9 Å². The Morgan fingerprint density at radius 2 is 1.94 bits per heavy atom. The van der Waals surface area contributed by atoms with Gasteiger partial charge in [-0.05, 0) is 45.6 Å². The molecule has 2 rings (SSSR count). The summed E-state index contributed by atoms with van der Waals surface area (Å²) in [5, 5.41) is 3.58. The van der Waals surface area contributed by atoms with Crippen LogP contribution < -0.4 is 14.8 Å². The van der Waals surface area contributed by atoms with E-state index in [1.54, 1.807) is 0 Å². The molecule has 0 spiro atoms. The zero-order valence-corrected chi connectivity index (χ0v) is 11.6. The Balaban J connectivity index is 1.98. The van der Waals surface area contributed by atoms with Crippen LogP contribution in [-0.4, -0.2) is 38.4 Å². The van der Waals surface area contributed by atoms with Gasteiger partial charge in [-0.2, -0.15) is 0 Å². The van der Waals surface area contributed by atoms with Crippen LogP contribution in [0.15, 0.2) is 18.2 Å². The molecule has 1 aliphatic heterocycles. The van der Waals surface area contributed by atoms with Crippen molar-refractivity contribution in [2.75, 3.05) is 27.4 Å². The average molecular weight is 250 g/mol. The summed E-state index contributed by atoms with van der Waals surface area (Å²) in [7, 11) is 4.17. The molecule has 1 aromatic rings. The van der Waals surface area contributed by atoms with Gasteiger partial charge in [0, 0.05) is 18.6 Å². The van der Waals surface area contributed by atoms with Gasteiger partial charge < -0.3 is 19.7 Å². The molecule has 1 N–H and O–H groups in total. The van der Waals surface area contributed by atoms with Gasteiger partial charge in [-0.1, -0.05) is 6.07 Å². The number of fused-ring (bicyclic) bond motifs is 1. The van der Waals surface area contributed by atoms with Gasteiger partial charge in [-0.3, -0.25) is 0 Å². The van der Waals surface area contributed by atoms with Crippen LogP contribution in [0.1, 0.15) is 25.5 Å². The molecule has 1 aliphatic rings. The van der Waals surface area contributed by atoms with Crippen molar-refractivity contribution in [3.63, 3.8) is 0 Å². The third-order valence-corrected chi connectivity index (χ3v) is 3.07. The largest absolute Gasteiger partial charge is 0.454 e. The van der Waals surface area contributed by atoms with Gasteiger partial charge in [0.15, 0.2) is 11.5 Å². The molecule has 0 radical (unpaired) electrons. The fourth-order valence-electron chi connectivity index (χ4n) is 2.31.